The molecular formula is C24H17ClN4O2S. The van der Waals surface area contributed by atoms with E-state index >= 15 is 0 Å². The number of para-hydroxylation sites is 1. The van der Waals surface area contributed by atoms with E-state index in [2.05, 4.69) is 10.2 Å². The van der Waals surface area contributed by atoms with Gasteiger partial charge in [-0.25, -0.2) is 4.57 Å². The van der Waals surface area contributed by atoms with E-state index in [0.29, 0.717) is 38.1 Å². The number of fused-ring (bicyclic) bond motifs is 3. The first-order valence-electron chi connectivity index (χ1n) is 9.90. The zero-order valence-electron chi connectivity index (χ0n) is 17.0. The summed E-state index contributed by atoms with van der Waals surface area (Å²) in [6.07, 6.45) is 0. The van der Waals surface area contributed by atoms with Crippen LogP contribution in [-0.2, 0) is 0 Å². The molecule has 2 aromatic heterocycles. The molecule has 0 radical (unpaired) electrons. The Balaban J connectivity index is 1.62. The molecule has 0 bridgehead atoms. The maximum Gasteiger partial charge on any atom is 0.267 e. The van der Waals surface area contributed by atoms with Gasteiger partial charge in [-0.1, -0.05) is 53.2 Å². The van der Waals surface area contributed by atoms with Crippen LogP contribution < -0.4 is 5.56 Å². The monoisotopic (exact) mass is 460 g/mol. The second kappa shape index (κ2) is 8.26. The van der Waals surface area contributed by atoms with E-state index < -0.39 is 0 Å². The molecule has 0 unspecified atom stereocenters. The van der Waals surface area contributed by atoms with E-state index in [1.165, 1.54) is 11.8 Å². The highest BCUT2D eigenvalue weighted by Crippen LogP contribution is 2.24. The van der Waals surface area contributed by atoms with Gasteiger partial charge in [-0.3, -0.25) is 14.0 Å². The first-order valence-corrected chi connectivity index (χ1v) is 11.3. The highest BCUT2D eigenvalue weighted by atomic mass is 35.5. The van der Waals surface area contributed by atoms with Crippen molar-refractivity contribution in [2.75, 3.05) is 5.75 Å². The first kappa shape index (κ1) is 20.5. The summed E-state index contributed by atoms with van der Waals surface area (Å²) in [7, 11) is 0. The van der Waals surface area contributed by atoms with Crippen molar-refractivity contribution < 1.29 is 4.79 Å². The molecule has 5 aromatic rings. The predicted molar refractivity (Wildman–Crippen MR) is 127 cm³/mol. The number of carbonyl (C=O) groups is 1. The predicted octanol–water partition coefficient (Wildman–Crippen LogP) is 4.97. The van der Waals surface area contributed by atoms with Crippen molar-refractivity contribution in [3.05, 3.63) is 99.3 Å². The standard InChI is InChI=1S/C24H17ClN4O2S/c1-15-6-12-18(13-7-15)28-22(31)19-4-2-3-5-20(19)29-23(28)26-27-24(29)32-14-21(30)16-8-10-17(25)11-9-16/h2-13H,14H2,1H3. The fraction of sp³-hybridized carbons (Fsp3) is 0.0833. The molecule has 2 heterocycles. The van der Waals surface area contributed by atoms with Gasteiger partial charge in [0.25, 0.3) is 5.56 Å². The van der Waals surface area contributed by atoms with Gasteiger partial charge >= 0.3 is 0 Å². The third kappa shape index (κ3) is 3.59. The molecule has 0 atom stereocenters. The smallest absolute Gasteiger partial charge is 0.267 e. The number of rotatable bonds is 5. The van der Waals surface area contributed by atoms with Crippen LogP contribution in [0.25, 0.3) is 22.4 Å². The first-order chi connectivity index (χ1) is 15.5. The average Bonchev–Trinajstić information content (AvgIpc) is 3.23. The summed E-state index contributed by atoms with van der Waals surface area (Å²) < 4.78 is 3.39. The Bertz CT molecular complexity index is 1520. The number of nitrogens with zero attached hydrogens (tertiary/aromatic N) is 4. The molecular weight excluding hydrogens is 444 g/mol. The molecule has 0 saturated heterocycles. The summed E-state index contributed by atoms with van der Waals surface area (Å²) in [5, 5.41) is 10.3. The topological polar surface area (TPSA) is 69.3 Å². The van der Waals surface area contributed by atoms with Crippen molar-refractivity contribution in [2.45, 2.75) is 12.1 Å². The molecule has 0 amide bonds. The molecule has 158 valence electrons. The minimum Gasteiger partial charge on any atom is -0.293 e. The molecule has 0 aliphatic carbocycles. The fourth-order valence-corrected chi connectivity index (χ4v) is 4.51. The molecule has 0 fully saturated rings. The van der Waals surface area contributed by atoms with Crippen LogP contribution in [0, 0.1) is 6.92 Å². The summed E-state index contributed by atoms with van der Waals surface area (Å²) >= 11 is 7.20. The SMILES string of the molecule is Cc1ccc(-n2c(=O)c3ccccc3n3c(SCC(=O)c4ccc(Cl)cc4)nnc23)cc1. The number of Topliss-reactive ketones (excluding diaryl/α,β-unsaturated/α-hetero) is 1. The van der Waals surface area contributed by atoms with Crippen molar-refractivity contribution in [2.24, 2.45) is 0 Å². The number of aryl methyl sites for hydroxylation is 1. The quantitative estimate of drug-likeness (QED) is 0.273. The Morgan fingerprint density at radius 3 is 2.44 bits per heavy atom. The molecule has 0 aliphatic heterocycles. The van der Waals surface area contributed by atoms with Gasteiger partial charge in [-0.15, -0.1) is 10.2 Å². The summed E-state index contributed by atoms with van der Waals surface area (Å²) in [4.78, 5) is 26.0. The molecule has 6 nitrogen and oxygen atoms in total. The number of hydrogen-bond acceptors (Lipinski definition) is 5. The minimum absolute atomic E-state index is 0.0421. The van der Waals surface area contributed by atoms with Gasteiger partial charge in [-0.2, -0.15) is 0 Å². The second-order valence-corrected chi connectivity index (χ2v) is 8.71. The zero-order valence-corrected chi connectivity index (χ0v) is 18.6. The number of halogens is 1. The Kier molecular flexibility index (Phi) is 5.28. The van der Waals surface area contributed by atoms with E-state index in [4.69, 9.17) is 11.6 Å². The average molecular weight is 461 g/mol. The van der Waals surface area contributed by atoms with Crippen LogP contribution in [-0.4, -0.2) is 30.7 Å². The van der Waals surface area contributed by atoms with Crippen molar-refractivity contribution in [3.8, 4) is 5.69 Å². The number of ketones is 1. The molecule has 0 saturated carbocycles. The van der Waals surface area contributed by atoms with Crippen LogP contribution in [0.4, 0.5) is 0 Å². The van der Waals surface area contributed by atoms with Crippen LogP contribution in [0.5, 0.6) is 0 Å². The lowest BCUT2D eigenvalue weighted by atomic mass is 10.1. The Labute approximate surface area is 192 Å². The summed E-state index contributed by atoms with van der Waals surface area (Å²) in [5.74, 6) is 0.541. The van der Waals surface area contributed by atoms with Crippen LogP contribution >= 0.6 is 23.4 Å². The molecule has 0 N–H and O–H groups in total. The van der Waals surface area contributed by atoms with Crippen LogP contribution in [0.15, 0.2) is 82.7 Å². The Morgan fingerprint density at radius 2 is 1.69 bits per heavy atom. The normalized spacial score (nSPS) is 11.3. The molecule has 0 spiro atoms. The Hall–Kier alpha value is -3.42. The molecule has 8 heteroatoms. The van der Waals surface area contributed by atoms with Gasteiger partial charge in [0.15, 0.2) is 10.9 Å². The molecule has 0 aliphatic rings. The largest absolute Gasteiger partial charge is 0.293 e. The van der Waals surface area contributed by atoms with Gasteiger partial charge in [0.05, 0.1) is 22.3 Å². The van der Waals surface area contributed by atoms with Crippen molar-refractivity contribution in [1.29, 1.82) is 0 Å². The van der Waals surface area contributed by atoms with Gasteiger partial charge < -0.3 is 0 Å². The maximum atomic E-state index is 13.3. The highest BCUT2D eigenvalue weighted by molar-refractivity contribution is 7.99. The number of aromatic nitrogens is 4. The summed E-state index contributed by atoms with van der Waals surface area (Å²) in [5.41, 5.74) is 2.91. The molecule has 5 rings (SSSR count). The Morgan fingerprint density at radius 1 is 0.969 bits per heavy atom. The lowest BCUT2D eigenvalue weighted by molar-refractivity contribution is 0.102. The number of thioether (sulfide) groups is 1. The van der Waals surface area contributed by atoms with Crippen molar-refractivity contribution in [1.82, 2.24) is 19.2 Å². The van der Waals surface area contributed by atoms with E-state index in [9.17, 15) is 9.59 Å². The van der Waals surface area contributed by atoms with Gasteiger partial charge in [0, 0.05) is 10.6 Å². The molecule has 3 aromatic carbocycles. The third-order valence-electron chi connectivity index (χ3n) is 5.19. The lowest BCUT2D eigenvalue weighted by Gasteiger charge is -2.11. The van der Waals surface area contributed by atoms with Gasteiger partial charge in [-0.05, 0) is 55.5 Å². The van der Waals surface area contributed by atoms with Gasteiger partial charge in [0.1, 0.15) is 0 Å². The second-order valence-electron chi connectivity index (χ2n) is 7.33. The van der Waals surface area contributed by atoms with E-state index in [1.54, 1.807) is 34.9 Å². The summed E-state index contributed by atoms with van der Waals surface area (Å²) in [6.45, 7) is 1.99. The van der Waals surface area contributed by atoms with Crippen LogP contribution in [0.2, 0.25) is 5.02 Å². The minimum atomic E-state index is -0.168. The van der Waals surface area contributed by atoms with Crippen molar-refractivity contribution >= 4 is 45.8 Å². The summed E-state index contributed by atoms with van der Waals surface area (Å²) in [6, 6.07) is 21.8. The lowest BCUT2D eigenvalue weighted by Crippen LogP contribution is -2.21. The van der Waals surface area contributed by atoms with Crippen molar-refractivity contribution in [3.63, 3.8) is 0 Å². The van der Waals surface area contributed by atoms with Crippen LogP contribution in [0.1, 0.15) is 15.9 Å². The molecule has 32 heavy (non-hydrogen) atoms. The fourth-order valence-electron chi connectivity index (χ4n) is 3.55. The van der Waals surface area contributed by atoms with E-state index in [-0.39, 0.29) is 17.1 Å². The number of hydrogen-bond donors (Lipinski definition) is 0. The van der Waals surface area contributed by atoms with E-state index in [1.807, 2.05) is 53.8 Å². The van der Waals surface area contributed by atoms with Crippen LogP contribution in [0.3, 0.4) is 0 Å². The zero-order chi connectivity index (χ0) is 22.2. The van der Waals surface area contributed by atoms with Gasteiger partial charge in [0.2, 0.25) is 5.78 Å². The maximum absolute atomic E-state index is 13.3. The third-order valence-corrected chi connectivity index (χ3v) is 6.37. The van der Waals surface area contributed by atoms with E-state index in [0.717, 1.165) is 5.56 Å². The number of carbonyl (C=O) groups excluding carboxylic acids is 1. The number of benzene rings is 3. The highest BCUT2D eigenvalue weighted by Gasteiger charge is 2.19.